The Balaban J connectivity index is 1.57. The maximum Gasteiger partial charge on any atom is 0.244 e. The van der Waals surface area contributed by atoms with Gasteiger partial charge in [-0.15, -0.1) is 0 Å². The smallest absolute Gasteiger partial charge is 0.244 e. The first kappa shape index (κ1) is 23.4. The lowest BCUT2D eigenvalue weighted by molar-refractivity contribution is -0.121. The molecule has 33 heavy (non-hydrogen) atoms. The van der Waals surface area contributed by atoms with E-state index in [2.05, 4.69) is 5.32 Å². The Labute approximate surface area is 195 Å². The van der Waals surface area contributed by atoms with Gasteiger partial charge in [0.05, 0.1) is 4.90 Å². The molecule has 0 atom stereocenters. The van der Waals surface area contributed by atoms with Gasteiger partial charge in [0, 0.05) is 30.9 Å². The molecule has 2 aromatic rings. The first-order valence-corrected chi connectivity index (χ1v) is 13.0. The van der Waals surface area contributed by atoms with E-state index < -0.39 is 10.0 Å². The van der Waals surface area contributed by atoms with Crippen LogP contribution < -0.4 is 10.2 Å². The second-order valence-corrected chi connectivity index (χ2v) is 10.9. The number of hydrogen-bond acceptors (Lipinski definition) is 4. The molecule has 1 saturated heterocycles. The van der Waals surface area contributed by atoms with Crippen LogP contribution in [0.15, 0.2) is 41.3 Å². The number of carbonyl (C=O) groups excluding carboxylic acids is 2. The lowest BCUT2D eigenvalue weighted by atomic mass is 10.1. The fourth-order valence-electron chi connectivity index (χ4n) is 4.48. The lowest BCUT2D eigenvalue weighted by Crippen LogP contribution is -2.38. The van der Waals surface area contributed by atoms with Gasteiger partial charge in [0.15, 0.2) is 0 Å². The standard InChI is InChI=1S/C25H31N3O4S/c1-18-9-10-21(15-19(18)2)26-24(29)17-28-23-12-11-22(16-20(23)7-6-8-25(28)30)33(31,32)27-13-4-3-5-14-27/h9-12,15-16H,3-8,13-14,17H2,1-2H3,(H,26,29). The predicted octanol–water partition coefficient (Wildman–Crippen LogP) is 3.79. The van der Waals surface area contributed by atoms with Crippen LogP contribution in [0.25, 0.3) is 0 Å². The summed E-state index contributed by atoms with van der Waals surface area (Å²) >= 11 is 0. The topological polar surface area (TPSA) is 86.8 Å². The van der Waals surface area contributed by atoms with Crippen LogP contribution in [0.2, 0.25) is 0 Å². The average Bonchev–Trinajstić information content (AvgIpc) is 2.95. The van der Waals surface area contributed by atoms with Crippen molar-refractivity contribution in [1.82, 2.24) is 4.31 Å². The Morgan fingerprint density at radius 2 is 1.70 bits per heavy atom. The molecule has 0 spiro atoms. The number of fused-ring (bicyclic) bond motifs is 1. The van der Waals surface area contributed by atoms with Crippen molar-refractivity contribution in [3.63, 3.8) is 0 Å². The third-order valence-corrected chi connectivity index (χ3v) is 8.42. The Morgan fingerprint density at radius 1 is 0.939 bits per heavy atom. The maximum absolute atomic E-state index is 13.1. The monoisotopic (exact) mass is 469 g/mol. The van der Waals surface area contributed by atoms with Crippen LogP contribution in [-0.2, 0) is 26.0 Å². The fraction of sp³-hybridized carbons (Fsp3) is 0.440. The van der Waals surface area contributed by atoms with E-state index in [1.54, 1.807) is 22.5 Å². The summed E-state index contributed by atoms with van der Waals surface area (Å²) in [4.78, 5) is 27.3. The summed E-state index contributed by atoms with van der Waals surface area (Å²) in [5.41, 5.74) is 4.31. The fourth-order valence-corrected chi connectivity index (χ4v) is 6.04. The van der Waals surface area contributed by atoms with Crippen molar-refractivity contribution in [2.24, 2.45) is 0 Å². The summed E-state index contributed by atoms with van der Waals surface area (Å²) in [6, 6.07) is 10.6. The minimum absolute atomic E-state index is 0.114. The highest BCUT2D eigenvalue weighted by atomic mass is 32.2. The van der Waals surface area contributed by atoms with Gasteiger partial charge in [-0.25, -0.2) is 8.42 Å². The maximum atomic E-state index is 13.1. The second kappa shape index (κ2) is 9.65. The molecule has 1 fully saturated rings. The third-order valence-electron chi connectivity index (χ3n) is 6.52. The Bertz CT molecular complexity index is 1170. The molecule has 0 unspecified atom stereocenters. The number of rotatable bonds is 5. The lowest BCUT2D eigenvalue weighted by Gasteiger charge is -2.27. The summed E-state index contributed by atoms with van der Waals surface area (Å²) in [6.45, 7) is 4.96. The van der Waals surface area contributed by atoms with Gasteiger partial charge in [-0.05, 0) is 86.6 Å². The van der Waals surface area contributed by atoms with Crippen LogP contribution in [0.3, 0.4) is 0 Å². The van der Waals surface area contributed by atoms with Gasteiger partial charge in [-0.3, -0.25) is 9.59 Å². The van der Waals surface area contributed by atoms with Crippen molar-refractivity contribution in [2.75, 3.05) is 29.9 Å². The molecule has 2 heterocycles. The van der Waals surface area contributed by atoms with Crippen LogP contribution in [0.4, 0.5) is 11.4 Å². The number of nitrogens with one attached hydrogen (secondary N) is 1. The molecule has 4 rings (SSSR count). The van der Waals surface area contributed by atoms with Crippen LogP contribution in [0.5, 0.6) is 0 Å². The number of piperidine rings is 1. The quantitative estimate of drug-likeness (QED) is 0.722. The normalized spacial score (nSPS) is 17.4. The van der Waals surface area contributed by atoms with Crippen molar-refractivity contribution in [2.45, 2.75) is 57.3 Å². The van der Waals surface area contributed by atoms with Gasteiger partial charge in [0.1, 0.15) is 6.54 Å². The van der Waals surface area contributed by atoms with Crippen molar-refractivity contribution < 1.29 is 18.0 Å². The van der Waals surface area contributed by atoms with Crippen LogP contribution in [-0.4, -0.2) is 44.2 Å². The highest BCUT2D eigenvalue weighted by Gasteiger charge is 2.29. The number of hydrogen-bond donors (Lipinski definition) is 1. The number of amides is 2. The number of aryl methyl sites for hydroxylation is 3. The zero-order chi connectivity index (χ0) is 23.6. The molecule has 0 radical (unpaired) electrons. The summed E-state index contributed by atoms with van der Waals surface area (Å²) in [6.07, 6.45) is 4.34. The highest BCUT2D eigenvalue weighted by Crippen LogP contribution is 2.31. The van der Waals surface area contributed by atoms with Crippen LogP contribution in [0.1, 0.15) is 48.8 Å². The molecular formula is C25H31N3O4S. The molecule has 2 aliphatic heterocycles. The van der Waals surface area contributed by atoms with Gasteiger partial charge < -0.3 is 10.2 Å². The molecule has 0 bridgehead atoms. The summed E-state index contributed by atoms with van der Waals surface area (Å²) in [7, 11) is -3.56. The van der Waals surface area contributed by atoms with Crippen molar-refractivity contribution in [1.29, 1.82) is 0 Å². The summed E-state index contributed by atoms with van der Waals surface area (Å²) < 4.78 is 27.8. The van der Waals surface area contributed by atoms with Gasteiger partial charge in [-0.1, -0.05) is 12.5 Å². The molecule has 176 valence electrons. The van der Waals surface area contributed by atoms with E-state index in [9.17, 15) is 18.0 Å². The molecule has 1 N–H and O–H groups in total. The zero-order valence-corrected chi connectivity index (χ0v) is 20.1. The summed E-state index contributed by atoms with van der Waals surface area (Å²) in [5, 5.41) is 2.87. The van der Waals surface area contributed by atoms with Crippen molar-refractivity contribution >= 4 is 33.2 Å². The Morgan fingerprint density at radius 3 is 2.42 bits per heavy atom. The number of anilines is 2. The minimum atomic E-state index is -3.56. The molecule has 7 nitrogen and oxygen atoms in total. The van der Waals surface area contributed by atoms with Gasteiger partial charge in [0.2, 0.25) is 21.8 Å². The largest absolute Gasteiger partial charge is 0.325 e. The zero-order valence-electron chi connectivity index (χ0n) is 19.3. The van der Waals surface area contributed by atoms with Crippen LogP contribution >= 0.6 is 0 Å². The van der Waals surface area contributed by atoms with E-state index in [0.29, 0.717) is 43.7 Å². The third kappa shape index (κ3) is 5.12. The predicted molar refractivity (Wildman–Crippen MR) is 129 cm³/mol. The molecule has 2 aromatic carbocycles. The van der Waals surface area contributed by atoms with E-state index in [1.807, 2.05) is 32.0 Å². The van der Waals surface area contributed by atoms with Gasteiger partial charge in [0.25, 0.3) is 0 Å². The Kier molecular flexibility index (Phi) is 6.86. The number of benzene rings is 2. The number of sulfonamides is 1. The molecular weight excluding hydrogens is 438 g/mol. The SMILES string of the molecule is Cc1ccc(NC(=O)CN2C(=O)CCCc3cc(S(=O)(=O)N4CCCCC4)ccc32)cc1C. The van der Waals surface area contributed by atoms with Crippen molar-refractivity contribution in [3.05, 3.63) is 53.1 Å². The van der Waals surface area contributed by atoms with Gasteiger partial charge in [-0.2, -0.15) is 4.31 Å². The van der Waals surface area contributed by atoms with E-state index in [4.69, 9.17) is 0 Å². The van der Waals surface area contributed by atoms with E-state index in [0.717, 1.165) is 36.0 Å². The van der Waals surface area contributed by atoms with E-state index in [1.165, 1.54) is 4.90 Å². The molecule has 2 aliphatic rings. The van der Waals surface area contributed by atoms with E-state index >= 15 is 0 Å². The molecule has 0 aromatic heterocycles. The first-order valence-electron chi connectivity index (χ1n) is 11.6. The van der Waals surface area contributed by atoms with Crippen LogP contribution in [0, 0.1) is 13.8 Å². The minimum Gasteiger partial charge on any atom is -0.325 e. The molecule has 8 heteroatoms. The average molecular weight is 470 g/mol. The first-order chi connectivity index (χ1) is 15.8. The second-order valence-electron chi connectivity index (χ2n) is 8.94. The molecule has 0 aliphatic carbocycles. The van der Waals surface area contributed by atoms with Crippen molar-refractivity contribution in [3.8, 4) is 0 Å². The van der Waals surface area contributed by atoms with Gasteiger partial charge >= 0.3 is 0 Å². The highest BCUT2D eigenvalue weighted by molar-refractivity contribution is 7.89. The van der Waals surface area contributed by atoms with E-state index in [-0.39, 0.29) is 23.3 Å². The number of carbonyl (C=O) groups is 2. The summed E-state index contributed by atoms with van der Waals surface area (Å²) in [5.74, 6) is -0.417. The number of nitrogens with zero attached hydrogens (tertiary/aromatic N) is 2. The molecule has 2 amide bonds. The molecule has 0 saturated carbocycles. The Hall–Kier alpha value is -2.71.